The van der Waals surface area contributed by atoms with Gasteiger partial charge in [0.15, 0.2) is 0 Å². The minimum Gasteiger partial charge on any atom is -0.0836 e. The van der Waals surface area contributed by atoms with E-state index in [2.05, 4.69) is 57.2 Å². The van der Waals surface area contributed by atoms with Crippen molar-refractivity contribution in [2.45, 2.75) is 46.0 Å². The molecule has 3 rings (SSSR count). The van der Waals surface area contributed by atoms with Crippen LogP contribution in [0.2, 0.25) is 0 Å². The molecule has 0 saturated heterocycles. The summed E-state index contributed by atoms with van der Waals surface area (Å²) in [5.74, 6) is 0.645. The topological polar surface area (TPSA) is 0 Å². The van der Waals surface area contributed by atoms with Crippen LogP contribution in [0, 0.1) is 0 Å². The Labute approximate surface area is 105 Å². The number of allylic oxidation sites excluding steroid dienone is 4. The van der Waals surface area contributed by atoms with Gasteiger partial charge in [-0.05, 0) is 29.5 Å². The third-order valence-corrected chi connectivity index (χ3v) is 3.45. The van der Waals surface area contributed by atoms with Gasteiger partial charge in [0.05, 0.1) is 0 Å². The van der Waals surface area contributed by atoms with Gasteiger partial charge in [0, 0.05) is 5.92 Å². The first kappa shape index (κ1) is 12.2. The van der Waals surface area contributed by atoms with Crippen molar-refractivity contribution in [2.24, 2.45) is 0 Å². The molecule has 0 bridgehead atoms. The third-order valence-electron chi connectivity index (χ3n) is 3.45. The van der Waals surface area contributed by atoms with Crippen LogP contribution in [0.3, 0.4) is 0 Å². The van der Waals surface area contributed by atoms with Gasteiger partial charge in [-0.15, -0.1) is 0 Å². The summed E-state index contributed by atoms with van der Waals surface area (Å²) in [6.07, 6.45) is 8.33. The second-order valence-corrected chi connectivity index (χ2v) is 4.90. The molecule has 1 aromatic carbocycles. The third kappa shape index (κ3) is 2.22. The second-order valence-electron chi connectivity index (χ2n) is 4.90. The monoisotopic (exact) mass is 226 g/mol. The van der Waals surface area contributed by atoms with Gasteiger partial charge in [-0.25, -0.2) is 0 Å². The zero-order valence-corrected chi connectivity index (χ0v) is 11.2. The molecule has 1 aromatic rings. The Balaban J connectivity index is 0.000000329. The van der Waals surface area contributed by atoms with Crippen molar-refractivity contribution >= 4 is 5.57 Å². The molecule has 1 atom stereocenters. The molecule has 0 radical (unpaired) electrons. The van der Waals surface area contributed by atoms with E-state index in [0.717, 1.165) is 0 Å². The lowest BCUT2D eigenvalue weighted by molar-refractivity contribution is 0.824. The smallest absolute Gasteiger partial charge is 0.00353 e. The maximum atomic E-state index is 2.33. The first-order valence-electron chi connectivity index (χ1n) is 6.78. The fourth-order valence-corrected chi connectivity index (χ4v) is 2.70. The van der Waals surface area contributed by atoms with Crippen molar-refractivity contribution < 1.29 is 0 Å². The zero-order valence-electron chi connectivity index (χ0n) is 11.2. The van der Waals surface area contributed by atoms with Crippen LogP contribution in [0.15, 0.2) is 42.0 Å². The number of hydrogen-bond acceptors (Lipinski definition) is 0. The van der Waals surface area contributed by atoms with E-state index in [-0.39, 0.29) is 0 Å². The van der Waals surface area contributed by atoms with E-state index in [1.165, 1.54) is 36.0 Å². The molecule has 1 unspecified atom stereocenters. The highest BCUT2D eigenvalue weighted by Crippen LogP contribution is 2.45. The van der Waals surface area contributed by atoms with Gasteiger partial charge < -0.3 is 0 Å². The average molecular weight is 226 g/mol. The molecule has 0 heteroatoms. The van der Waals surface area contributed by atoms with Crippen molar-refractivity contribution in [3.8, 4) is 0 Å². The van der Waals surface area contributed by atoms with Crippen molar-refractivity contribution in [1.82, 2.24) is 0 Å². The standard InChI is InChI=1S/C14H14.C3H8/c1-10-11-6-2-4-8-13(11)14-9-5-3-7-12(10)14;1-3-2/h2,4-6,8-10H,3,7H2,1H3;3H2,1-2H3. The van der Waals surface area contributed by atoms with Crippen molar-refractivity contribution in [3.05, 3.63) is 53.1 Å². The largest absolute Gasteiger partial charge is 0.0836 e. The van der Waals surface area contributed by atoms with Crippen molar-refractivity contribution in [3.63, 3.8) is 0 Å². The lowest BCUT2D eigenvalue weighted by Gasteiger charge is -2.12. The van der Waals surface area contributed by atoms with Gasteiger partial charge in [-0.1, -0.05) is 69.2 Å². The molecule has 2 aliphatic rings. The summed E-state index contributed by atoms with van der Waals surface area (Å²) in [4.78, 5) is 0. The van der Waals surface area contributed by atoms with Crippen LogP contribution in [-0.2, 0) is 0 Å². The maximum Gasteiger partial charge on any atom is 0.00353 e. The summed E-state index contributed by atoms with van der Waals surface area (Å²) in [5.41, 5.74) is 6.13. The predicted molar refractivity (Wildman–Crippen MR) is 76.1 cm³/mol. The number of fused-ring (bicyclic) bond motifs is 2. The average Bonchev–Trinajstić information content (AvgIpc) is 2.66. The summed E-state index contributed by atoms with van der Waals surface area (Å²) >= 11 is 0. The van der Waals surface area contributed by atoms with Crippen LogP contribution >= 0.6 is 0 Å². The first-order chi connectivity index (χ1) is 8.29. The Kier molecular flexibility index (Phi) is 3.83. The van der Waals surface area contributed by atoms with Crippen molar-refractivity contribution in [1.29, 1.82) is 0 Å². The van der Waals surface area contributed by atoms with E-state index in [9.17, 15) is 0 Å². The van der Waals surface area contributed by atoms with E-state index in [4.69, 9.17) is 0 Å². The van der Waals surface area contributed by atoms with Gasteiger partial charge in [0.1, 0.15) is 0 Å². The number of benzene rings is 1. The Morgan fingerprint density at radius 2 is 1.88 bits per heavy atom. The molecule has 0 amide bonds. The zero-order chi connectivity index (χ0) is 12.3. The van der Waals surface area contributed by atoms with Crippen LogP contribution in [0.25, 0.3) is 5.57 Å². The van der Waals surface area contributed by atoms with E-state index >= 15 is 0 Å². The highest BCUT2D eigenvalue weighted by Gasteiger charge is 2.26. The quantitative estimate of drug-likeness (QED) is 0.561. The summed E-state index contributed by atoms with van der Waals surface area (Å²) in [5, 5.41) is 0. The van der Waals surface area contributed by atoms with E-state index < -0.39 is 0 Å². The minimum atomic E-state index is 0.645. The number of rotatable bonds is 0. The van der Waals surface area contributed by atoms with Crippen LogP contribution in [0.1, 0.15) is 57.1 Å². The molecule has 0 nitrogen and oxygen atoms in total. The number of hydrogen-bond donors (Lipinski definition) is 0. The Bertz CT molecular complexity index is 449. The van der Waals surface area contributed by atoms with Crippen molar-refractivity contribution in [2.75, 3.05) is 0 Å². The normalized spacial score (nSPS) is 20.5. The summed E-state index contributed by atoms with van der Waals surface area (Å²) in [6, 6.07) is 8.82. The molecular formula is C17H22. The molecule has 2 aliphatic carbocycles. The Morgan fingerprint density at radius 3 is 2.65 bits per heavy atom. The maximum absolute atomic E-state index is 2.33. The second kappa shape index (κ2) is 5.35. The fraction of sp³-hybridized carbons (Fsp3) is 0.412. The molecule has 0 heterocycles. The molecule has 0 aromatic heterocycles. The van der Waals surface area contributed by atoms with Gasteiger partial charge in [-0.3, -0.25) is 0 Å². The van der Waals surface area contributed by atoms with Crippen LogP contribution in [-0.4, -0.2) is 0 Å². The lowest BCUT2D eigenvalue weighted by Crippen LogP contribution is -1.94. The molecular weight excluding hydrogens is 204 g/mol. The van der Waals surface area contributed by atoms with Crippen LogP contribution in [0.4, 0.5) is 0 Å². The summed E-state index contributed by atoms with van der Waals surface area (Å²) in [7, 11) is 0. The Hall–Kier alpha value is -1.30. The summed E-state index contributed by atoms with van der Waals surface area (Å²) in [6.45, 7) is 6.58. The molecule has 17 heavy (non-hydrogen) atoms. The minimum absolute atomic E-state index is 0.645. The van der Waals surface area contributed by atoms with Crippen LogP contribution < -0.4 is 0 Å². The SMILES string of the molecule is CC1C2=C(C=CCC2)c2ccccc21.CCC. The van der Waals surface area contributed by atoms with Gasteiger partial charge >= 0.3 is 0 Å². The lowest BCUT2D eigenvalue weighted by atomic mass is 9.92. The van der Waals surface area contributed by atoms with Crippen LogP contribution in [0.5, 0.6) is 0 Å². The molecule has 0 N–H and O–H groups in total. The van der Waals surface area contributed by atoms with E-state index in [1.54, 1.807) is 5.57 Å². The first-order valence-corrected chi connectivity index (χ1v) is 6.78. The van der Waals surface area contributed by atoms with Gasteiger partial charge in [0.2, 0.25) is 0 Å². The molecule has 0 aliphatic heterocycles. The van der Waals surface area contributed by atoms with Gasteiger partial charge in [0.25, 0.3) is 0 Å². The molecule has 0 spiro atoms. The molecule has 0 saturated carbocycles. The predicted octanol–water partition coefficient (Wildman–Crippen LogP) is 5.32. The van der Waals surface area contributed by atoms with Gasteiger partial charge in [-0.2, -0.15) is 0 Å². The molecule has 0 fully saturated rings. The summed E-state index contributed by atoms with van der Waals surface area (Å²) < 4.78 is 0. The highest BCUT2D eigenvalue weighted by atomic mass is 14.3. The Morgan fingerprint density at radius 1 is 1.18 bits per heavy atom. The molecule has 90 valence electrons. The highest BCUT2D eigenvalue weighted by molar-refractivity contribution is 5.85. The fourth-order valence-electron chi connectivity index (χ4n) is 2.70. The van der Waals surface area contributed by atoms with E-state index in [0.29, 0.717) is 5.92 Å². The van der Waals surface area contributed by atoms with E-state index in [1.807, 2.05) is 0 Å².